The van der Waals surface area contributed by atoms with Gasteiger partial charge in [0.05, 0.1) is 13.2 Å². The van der Waals surface area contributed by atoms with Crippen LogP contribution in [0, 0.1) is 11.8 Å². The summed E-state index contributed by atoms with van der Waals surface area (Å²) in [6, 6.07) is 6.38. The van der Waals surface area contributed by atoms with Gasteiger partial charge in [-0.3, -0.25) is 4.90 Å². The highest BCUT2D eigenvalue weighted by Crippen LogP contribution is 2.27. The minimum Gasteiger partial charge on any atom is -0.493 e. The maximum absolute atomic E-state index is 6.20. The minimum absolute atomic E-state index is 0.644. The molecule has 0 amide bonds. The molecular formula is C24H43N3O2. The Kier molecular flexibility index (Phi) is 10.8. The predicted octanol–water partition coefficient (Wildman–Crippen LogP) is 4.00. The third kappa shape index (κ3) is 9.37. The number of rotatable bonds is 13. The number of nitrogens with zero attached hydrogens (tertiary/aromatic N) is 2. The van der Waals surface area contributed by atoms with Crippen LogP contribution in [0.2, 0.25) is 0 Å². The van der Waals surface area contributed by atoms with E-state index in [1.807, 2.05) is 0 Å². The van der Waals surface area contributed by atoms with Gasteiger partial charge in [0, 0.05) is 44.4 Å². The third-order valence-electron chi connectivity index (χ3n) is 5.49. The molecule has 1 heterocycles. The van der Waals surface area contributed by atoms with Crippen molar-refractivity contribution in [3.63, 3.8) is 0 Å². The molecule has 5 heteroatoms. The summed E-state index contributed by atoms with van der Waals surface area (Å²) >= 11 is 0. The largest absolute Gasteiger partial charge is 0.493 e. The van der Waals surface area contributed by atoms with Gasteiger partial charge >= 0.3 is 0 Å². The van der Waals surface area contributed by atoms with Gasteiger partial charge < -0.3 is 20.1 Å². The van der Waals surface area contributed by atoms with Crippen molar-refractivity contribution in [2.24, 2.45) is 17.6 Å². The van der Waals surface area contributed by atoms with Gasteiger partial charge in [-0.25, -0.2) is 0 Å². The molecule has 0 aliphatic carbocycles. The van der Waals surface area contributed by atoms with Crippen molar-refractivity contribution in [2.45, 2.75) is 53.5 Å². The van der Waals surface area contributed by atoms with E-state index in [4.69, 9.17) is 15.2 Å². The van der Waals surface area contributed by atoms with E-state index in [9.17, 15) is 0 Å². The van der Waals surface area contributed by atoms with Gasteiger partial charge in [-0.2, -0.15) is 0 Å². The van der Waals surface area contributed by atoms with Crippen molar-refractivity contribution < 1.29 is 9.47 Å². The van der Waals surface area contributed by atoms with Crippen LogP contribution in [-0.4, -0.2) is 62.3 Å². The van der Waals surface area contributed by atoms with E-state index in [0.717, 1.165) is 89.8 Å². The lowest BCUT2D eigenvalue weighted by Crippen LogP contribution is -2.46. The summed E-state index contributed by atoms with van der Waals surface area (Å²) in [6.45, 7) is 17.7. The topological polar surface area (TPSA) is 51.0 Å². The molecule has 1 aromatic carbocycles. The number of hydrogen-bond acceptors (Lipinski definition) is 5. The smallest absolute Gasteiger partial charge is 0.127 e. The minimum atomic E-state index is 0.644. The zero-order valence-corrected chi connectivity index (χ0v) is 19.2. The van der Waals surface area contributed by atoms with Crippen LogP contribution in [0.15, 0.2) is 18.2 Å². The monoisotopic (exact) mass is 405 g/mol. The molecule has 0 aromatic heterocycles. The van der Waals surface area contributed by atoms with Crippen molar-refractivity contribution in [1.82, 2.24) is 9.80 Å². The van der Waals surface area contributed by atoms with Crippen molar-refractivity contribution in [1.29, 1.82) is 0 Å². The Morgan fingerprint density at radius 2 is 1.52 bits per heavy atom. The molecule has 0 bridgehead atoms. The van der Waals surface area contributed by atoms with E-state index in [-0.39, 0.29) is 0 Å². The molecular weight excluding hydrogens is 362 g/mol. The van der Waals surface area contributed by atoms with Crippen LogP contribution in [-0.2, 0) is 6.54 Å². The number of hydrogen-bond donors (Lipinski definition) is 1. The normalized spacial score (nSPS) is 16.0. The van der Waals surface area contributed by atoms with E-state index >= 15 is 0 Å². The Bertz CT molecular complexity index is 569. The molecule has 2 rings (SSSR count). The maximum Gasteiger partial charge on any atom is 0.127 e. The fourth-order valence-corrected chi connectivity index (χ4v) is 3.43. The highest BCUT2D eigenvalue weighted by atomic mass is 16.5. The molecule has 1 aliphatic heterocycles. The molecule has 29 heavy (non-hydrogen) atoms. The first-order valence-corrected chi connectivity index (χ1v) is 11.5. The first-order chi connectivity index (χ1) is 14.0. The van der Waals surface area contributed by atoms with Crippen molar-refractivity contribution in [2.75, 3.05) is 52.5 Å². The second kappa shape index (κ2) is 13.1. The molecule has 1 aromatic rings. The maximum atomic E-state index is 6.20. The van der Waals surface area contributed by atoms with E-state index < -0.39 is 0 Å². The summed E-state index contributed by atoms with van der Waals surface area (Å²) in [5.41, 5.74) is 6.91. The highest BCUT2D eigenvalue weighted by Gasteiger charge is 2.18. The van der Waals surface area contributed by atoms with E-state index in [1.165, 1.54) is 5.56 Å². The van der Waals surface area contributed by atoms with Crippen molar-refractivity contribution in [3.8, 4) is 11.5 Å². The summed E-state index contributed by atoms with van der Waals surface area (Å²) in [5.74, 6) is 3.20. The van der Waals surface area contributed by atoms with Crippen LogP contribution < -0.4 is 15.2 Å². The Morgan fingerprint density at radius 3 is 2.14 bits per heavy atom. The first kappa shape index (κ1) is 24.0. The van der Waals surface area contributed by atoms with Gasteiger partial charge in [-0.15, -0.1) is 0 Å². The van der Waals surface area contributed by atoms with Crippen LogP contribution in [0.1, 0.15) is 52.5 Å². The van der Waals surface area contributed by atoms with Crippen LogP contribution in [0.4, 0.5) is 0 Å². The third-order valence-corrected chi connectivity index (χ3v) is 5.49. The quantitative estimate of drug-likeness (QED) is 0.537. The van der Waals surface area contributed by atoms with Crippen molar-refractivity contribution >= 4 is 0 Å². The number of nitrogens with two attached hydrogens (primary N) is 1. The lowest BCUT2D eigenvalue weighted by Gasteiger charge is -2.35. The molecule has 5 nitrogen and oxygen atoms in total. The van der Waals surface area contributed by atoms with Crippen LogP contribution in [0.5, 0.6) is 11.5 Å². The fourth-order valence-electron chi connectivity index (χ4n) is 3.43. The molecule has 0 radical (unpaired) electrons. The molecule has 1 saturated heterocycles. The fraction of sp³-hybridized carbons (Fsp3) is 0.750. The zero-order chi connectivity index (χ0) is 21.1. The highest BCUT2D eigenvalue weighted by molar-refractivity contribution is 5.41. The van der Waals surface area contributed by atoms with E-state index in [0.29, 0.717) is 11.8 Å². The summed E-state index contributed by atoms with van der Waals surface area (Å²) in [5, 5.41) is 0. The van der Waals surface area contributed by atoms with E-state index in [2.05, 4.69) is 55.7 Å². The lowest BCUT2D eigenvalue weighted by atomic mass is 10.1. The lowest BCUT2D eigenvalue weighted by molar-refractivity contribution is 0.125. The van der Waals surface area contributed by atoms with Crippen LogP contribution >= 0.6 is 0 Å². The second-order valence-electron chi connectivity index (χ2n) is 9.09. The average Bonchev–Trinajstić information content (AvgIpc) is 2.68. The van der Waals surface area contributed by atoms with Gasteiger partial charge in [0.2, 0.25) is 0 Å². The summed E-state index contributed by atoms with van der Waals surface area (Å²) in [6.07, 6.45) is 3.23. The van der Waals surface area contributed by atoms with Crippen molar-refractivity contribution in [3.05, 3.63) is 23.8 Å². The molecule has 1 fully saturated rings. The zero-order valence-electron chi connectivity index (χ0n) is 19.2. The second-order valence-corrected chi connectivity index (χ2v) is 9.09. The van der Waals surface area contributed by atoms with Gasteiger partial charge in [0.25, 0.3) is 0 Å². The SMILES string of the molecule is CC(C)CCOc1ccc(CN2CCN(CCCN)CC2)c(OCCC(C)C)c1. The molecule has 0 saturated carbocycles. The molecule has 0 unspecified atom stereocenters. The molecule has 166 valence electrons. The average molecular weight is 406 g/mol. The van der Waals surface area contributed by atoms with Gasteiger partial charge in [-0.1, -0.05) is 33.8 Å². The predicted molar refractivity (Wildman–Crippen MR) is 122 cm³/mol. The summed E-state index contributed by atoms with van der Waals surface area (Å²) < 4.78 is 12.2. The summed E-state index contributed by atoms with van der Waals surface area (Å²) in [4.78, 5) is 5.05. The van der Waals surface area contributed by atoms with Gasteiger partial charge in [0.1, 0.15) is 11.5 Å². The molecule has 0 atom stereocenters. The Morgan fingerprint density at radius 1 is 0.897 bits per heavy atom. The number of benzene rings is 1. The Hall–Kier alpha value is -1.30. The summed E-state index contributed by atoms with van der Waals surface area (Å²) in [7, 11) is 0. The number of ether oxygens (including phenoxy) is 2. The number of piperazine rings is 1. The standard InChI is InChI=1S/C24H43N3O2/c1-20(2)8-16-28-23-7-6-22(24(18-23)29-17-9-21(3)4)19-27-14-12-26(13-15-27)11-5-10-25/h6-7,18,20-21H,5,8-17,19,25H2,1-4H3. The Labute approximate surface area is 178 Å². The van der Waals surface area contributed by atoms with Gasteiger partial charge in [-0.05, 0) is 50.3 Å². The molecule has 2 N–H and O–H groups in total. The Balaban J connectivity index is 1.95. The van der Waals surface area contributed by atoms with Crippen LogP contribution in [0.3, 0.4) is 0 Å². The van der Waals surface area contributed by atoms with Gasteiger partial charge in [0.15, 0.2) is 0 Å². The molecule has 1 aliphatic rings. The molecule has 0 spiro atoms. The first-order valence-electron chi connectivity index (χ1n) is 11.5. The van der Waals surface area contributed by atoms with E-state index in [1.54, 1.807) is 0 Å². The van der Waals surface area contributed by atoms with Crippen LogP contribution in [0.25, 0.3) is 0 Å².